The van der Waals surface area contributed by atoms with Crippen LogP contribution in [0.25, 0.3) is 10.9 Å². The van der Waals surface area contributed by atoms with Gasteiger partial charge in [0.05, 0.1) is 6.04 Å². The number of nitrogens with one attached hydrogen (secondary N) is 4. The molecule has 208 valence electrons. The zero-order valence-corrected chi connectivity index (χ0v) is 22.8. The summed E-state index contributed by atoms with van der Waals surface area (Å²) in [6.07, 6.45) is 4.14. The monoisotopic (exact) mass is 553 g/mol. The van der Waals surface area contributed by atoms with E-state index in [0.717, 1.165) is 22.0 Å². The smallest absolute Gasteiger partial charge is 0.326 e. The van der Waals surface area contributed by atoms with E-state index in [4.69, 9.17) is 5.73 Å². The van der Waals surface area contributed by atoms with Gasteiger partial charge in [0.1, 0.15) is 18.1 Å². The normalized spacial score (nSPS) is 14.1. The number of thioether (sulfide) groups is 1. The van der Waals surface area contributed by atoms with Crippen LogP contribution in [0.3, 0.4) is 0 Å². The van der Waals surface area contributed by atoms with E-state index < -0.39 is 47.9 Å². The van der Waals surface area contributed by atoms with Crippen LogP contribution in [0.5, 0.6) is 0 Å². The summed E-state index contributed by atoms with van der Waals surface area (Å²) in [6, 6.07) is 12.6. The molecule has 4 atom stereocenters. The first-order chi connectivity index (χ1) is 18.7. The molecule has 0 bridgehead atoms. The fourth-order valence-corrected chi connectivity index (χ4v) is 4.60. The molecule has 0 aliphatic rings. The Morgan fingerprint density at radius 3 is 2.15 bits per heavy atom. The Balaban J connectivity index is 1.80. The largest absolute Gasteiger partial charge is 0.480 e. The molecular formula is C28H35N5O5S. The van der Waals surface area contributed by atoms with Gasteiger partial charge in [-0.15, -0.1) is 0 Å². The zero-order valence-electron chi connectivity index (χ0n) is 22.0. The summed E-state index contributed by atoms with van der Waals surface area (Å²) in [7, 11) is 0. The number of nitrogens with two attached hydrogens (primary N) is 1. The van der Waals surface area contributed by atoms with E-state index in [1.807, 2.05) is 60.9 Å². The van der Waals surface area contributed by atoms with Crippen molar-refractivity contribution in [1.82, 2.24) is 20.9 Å². The lowest BCUT2D eigenvalue weighted by Gasteiger charge is -2.25. The van der Waals surface area contributed by atoms with E-state index in [9.17, 15) is 24.3 Å². The lowest BCUT2D eigenvalue weighted by Crippen LogP contribution is -2.57. The first-order valence-electron chi connectivity index (χ1n) is 12.7. The first kappa shape index (κ1) is 29.7. The Morgan fingerprint density at radius 2 is 1.49 bits per heavy atom. The second-order valence-corrected chi connectivity index (χ2v) is 10.3. The quantitative estimate of drug-likeness (QED) is 0.176. The van der Waals surface area contributed by atoms with Gasteiger partial charge < -0.3 is 31.8 Å². The molecule has 1 aromatic heterocycles. The van der Waals surface area contributed by atoms with E-state index in [0.29, 0.717) is 12.2 Å². The van der Waals surface area contributed by atoms with Gasteiger partial charge >= 0.3 is 5.97 Å². The van der Waals surface area contributed by atoms with Crippen molar-refractivity contribution in [3.63, 3.8) is 0 Å². The first-order valence-corrected chi connectivity index (χ1v) is 14.1. The topological polar surface area (TPSA) is 166 Å². The van der Waals surface area contributed by atoms with Crippen molar-refractivity contribution < 1.29 is 24.3 Å². The summed E-state index contributed by atoms with van der Waals surface area (Å²) in [4.78, 5) is 54.2. The molecule has 1 heterocycles. The number of carbonyl (C=O) groups is 4. The van der Waals surface area contributed by atoms with Crippen molar-refractivity contribution in [3.8, 4) is 0 Å². The molecule has 3 aromatic rings. The van der Waals surface area contributed by atoms with Crippen molar-refractivity contribution in [2.24, 2.45) is 5.73 Å². The molecule has 0 saturated heterocycles. The molecule has 0 aliphatic carbocycles. The van der Waals surface area contributed by atoms with Crippen molar-refractivity contribution in [1.29, 1.82) is 0 Å². The highest BCUT2D eigenvalue weighted by Crippen LogP contribution is 2.19. The minimum absolute atomic E-state index is 0.0535. The number of hydrogen-bond acceptors (Lipinski definition) is 6. The highest BCUT2D eigenvalue weighted by Gasteiger charge is 2.30. The summed E-state index contributed by atoms with van der Waals surface area (Å²) in [6.45, 7) is 1.52. The number of carbonyl (C=O) groups excluding carboxylic acids is 3. The zero-order chi connectivity index (χ0) is 28.4. The fourth-order valence-electron chi connectivity index (χ4n) is 4.13. The molecule has 4 unspecified atom stereocenters. The molecule has 2 aromatic carbocycles. The van der Waals surface area contributed by atoms with Gasteiger partial charge in [-0.3, -0.25) is 14.4 Å². The molecule has 0 saturated carbocycles. The Labute approximate surface area is 231 Å². The van der Waals surface area contributed by atoms with Gasteiger partial charge in [0.25, 0.3) is 0 Å². The van der Waals surface area contributed by atoms with E-state index >= 15 is 0 Å². The van der Waals surface area contributed by atoms with Gasteiger partial charge in [0, 0.05) is 29.9 Å². The summed E-state index contributed by atoms with van der Waals surface area (Å²) in [5, 5.41) is 18.8. The number of benzene rings is 2. The van der Waals surface area contributed by atoms with Gasteiger partial charge in [-0.1, -0.05) is 48.5 Å². The number of carboxylic acid groups (broad SMARTS) is 1. The number of rotatable bonds is 14. The maximum Gasteiger partial charge on any atom is 0.326 e. The second kappa shape index (κ2) is 14.4. The molecule has 10 nitrogen and oxygen atoms in total. The lowest BCUT2D eigenvalue weighted by atomic mass is 10.0. The van der Waals surface area contributed by atoms with Gasteiger partial charge in [-0.25, -0.2) is 4.79 Å². The van der Waals surface area contributed by atoms with Crippen molar-refractivity contribution in [2.75, 3.05) is 12.0 Å². The highest BCUT2D eigenvalue weighted by molar-refractivity contribution is 7.98. The molecule has 3 amide bonds. The number of aromatic nitrogens is 1. The van der Waals surface area contributed by atoms with Crippen LogP contribution in [-0.4, -0.2) is 70.0 Å². The van der Waals surface area contributed by atoms with Gasteiger partial charge in [0.2, 0.25) is 17.7 Å². The minimum Gasteiger partial charge on any atom is -0.480 e. The molecule has 3 rings (SSSR count). The number of H-pyrrole nitrogens is 1. The molecule has 0 aliphatic heterocycles. The summed E-state index contributed by atoms with van der Waals surface area (Å²) in [5.41, 5.74) is 8.06. The average Bonchev–Trinajstić information content (AvgIpc) is 3.33. The van der Waals surface area contributed by atoms with Crippen LogP contribution < -0.4 is 21.7 Å². The molecule has 0 radical (unpaired) electrons. The maximum atomic E-state index is 13.4. The molecule has 0 spiro atoms. The van der Waals surface area contributed by atoms with E-state index in [-0.39, 0.29) is 12.8 Å². The Morgan fingerprint density at radius 1 is 0.872 bits per heavy atom. The van der Waals surface area contributed by atoms with Crippen LogP contribution in [-0.2, 0) is 32.0 Å². The number of fused-ring (bicyclic) bond motifs is 1. The van der Waals surface area contributed by atoms with E-state index in [1.54, 1.807) is 6.20 Å². The van der Waals surface area contributed by atoms with Crippen molar-refractivity contribution in [2.45, 2.75) is 50.4 Å². The van der Waals surface area contributed by atoms with Crippen LogP contribution in [0.4, 0.5) is 0 Å². The SMILES string of the molecule is CSCCC(NC(=O)C(C)N)C(=O)NC(Cc1ccccc1)C(=O)NC(Cc1c[nH]c2ccccc12)C(=O)O. The number of aromatic amines is 1. The van der Waals surface area contributed by atoms with E-state index in [1.165, 1.54) is 18.7 Å². The Kier molecular flexibility index (Phi) is 10.9. The predicted octanol–water partition coefficient (Wildman–Crippen LogP) is 1.59. The van der Waals surface area contributed by atoms with Gasteiger partial charge in [-0.05, 0) is 42.5 Å². The lowest BCUT2D eigenvalue weighted by molar-refractivity contribution is -0.142. The van der Waals surface area contributed by atoms with Gasteiger partial charge in [0.15, 0.2) is 0 Å². The maximum absolute atomic E-state index is 13.4. The molecule has 0 fully saturated rings. The number of para-hydroxylation sites is 1. The van der Waals surface area contributed by atoms with Crippen molar-refractivity contribution >= 4 is 46.4 Å². The fraction of sp³-hybridized carbons (Fsp3) is 0.357. The third kappa shape index (κ3) is 8.59. The third-order valence-electron chi connectivity index (χ3n) is 6.29. The minimum atomic E-state index is -1.23. The second-order valence-electron chi connectivity index (χ2n) is 9.35. The van der Waals surface area contributed by atoms with Crippen LogP contribution in [0.1, 0.15) is 24.5 Å². The number of carboxylic acids is 1. The van der Waals surface area contributed by atoms with E-state index in [2.05, 4.69) is 20.9 Å². The Hall–Kier alpha value is -3.83. The van der Waals surface area contributed by atoms with Crippen LogP contribution >= 0.6 is 11.8 Å². The van der Waals surface area contributed by atoms with Crippen LogP contribution in [0.2, 0.25) is 0 Å². The number of aliphatic carboxylic acids is 1. The molecule has 7 N–H and O–H groups in total. The average molecular weight is 554 g/mol. The predicted molar refractivity (Wildman–Crippen MR) is 152 cm³/mol. The summed E-state index contributed by atoms with van der Waals surface area (Å²) < 4.78 is 0. The summed E-state index contributed by atoms with van der Waals surface area (Å²) >= 11 is 1.51. The highest BCUT2D eigenvalue weighted by atomic mass is 32.2. The summed E-state index contributed by atoms with van der Waals surface area (Å²) in [5.74, 6) is -2.26. The van der Waals surface area contributed by atoms with Crippen LogP contribution in [0, 0.1) is 0 Å². The number of amides is 3. The van der Waals surface area contributed by atoms with Crippen molar-refractivity contribution in [3.05, 3.63) is 71.9 Å². The standard InChI is InChI=1S/C28H35N5O5S/c1-17(29)25(34)31-22(12-13-39-2)26(35)32-23(14-18-8-4-3-5-9-18)27(36)33-24(28(37)38)15-19-16-30-21-11-7-6-10-20(19)21/h3-11,16-17,22-24,30H,12-15,29H2,1-2H3,(H,31,34)(H,32,35)(H,33,36)(H,37,38). The van der Waals surface area contributed by atoms with Gasteiger partial charge in [-0.2, -0.15) is 11.8 Å². The molecule has 39 heavy (non-hydrogen) atoms. The molecular weight excluding hydrogens is 518 g/mol. The van der Waals surface area contributed by atoms with Crippen LogP contribution in [0.15, 0.2) is 60.8 Å². The third-order valence-corrected chi connectivity index (χ3v) is 6.93. The Bertz CT molecular complexity index is 1280. The molecule has 11 heteroatoms. The number of hydrogen-bond donors (Lipinski definition) is 6.